The molecular weight excluding hydrogens is 736 g/mol. The number of thioether (sulfide) groups is 1. The number of alkyl halides is 3. The van der Waals surface area contributed by atoms with Crippen LogP contribution in [-0.4, -0.2) is 58.1 Å². The second-order valence-corrected chi connectivity index (χ2v) is 15.5. The average molecular weight is 777 g/mol. The third-order valence-electron chi connectivity index (χ3n) is 9.38. The number of carbonyl (C=O) groups is 2. The number of likely N-dealkylation sites (tertiary alicyclic amines) is 1. The van der Waals surface area contributed by atoms with Crippen molar-refractivity contribution in [3.05, 3.63) is 137 Å². The first kappa shape index (κ1) is 39.5. The van der Waals surface area contributed by atoms with Crippen molar-refractivity contribution in [2.45, 2.75) is 63.7 Å². The molecule has 2 aliphatic rings. The predicted octanol–water partition coefficient (Wildman–Crippen LogP) is 10.1. The third-order valence-corrected chi connectivity index (χ3v) is 10.5. The Morgan fingerprint density at radius 1 is 0.927 bits per heavy atom. The second-order valence-electron chi connectivity index (χ2n) is 14.5. The van der Waals surface area contributed by atoms with E-state index in [9.17, 15) is 31.5 Å². The lowest BCUT2D eigenvalue weighted by Crippen LogP contribution is -2.51. The smallest absolute Gasteiger partial charge is 0.416 e. The Bertz CT molecular complexity index is 2070. The molecule has 1 fully saturated rings. The number of amides is 2. The van der Waals surface area contributed by atoms with E-state index in [1.54, 1.807) is 47.7 Å². The fourth-order valence-electron chi connectivity index (χ4n) is 6.54. The maximum Gasteiger partial charge on any atom is 0.416 e. The van der Waals surface area contributed by atoms with Crippen LogP contribution in [0.5, 0.6) is 0 Å². The van der Waals surface area contributed by atoms with Crippen LogP contribution in [0.3, 0.4) is 0 Å². The number of rotatable bonds is 9. The van der Waals surface area contributed by atoms with E-state index in [0.29, 0.717) is 47.9 Å². The molecular formula is C42H41F5N4O3S. The molecule has 0 unspecified atom stereocenters. The number of pyridine rings is 1. The van der Waals surface area contributed by atoms with E-state index in [4.69, 9.17) is 4.74 Å². The molecule has 3 aromatic carbocycles. The third kappa shape index (κ3) is 9.56. The summed E-state index contributed by atoms with van der Waals surface area (Å²) >= 11 is 1.24. The molecule has 0 aliphatic carbocycles. The number of ether oxygens (including phenoxy) is 1. The van der Waals surface area contributed by atoms with Crippen molar-refractivity contribution in [1.82, 2.24) is 14.8 Å². The second kappa shape index (κ2) is 16.3. The number of piperidine rings is 1. The van der Waals surface area contributed by atoms with Crippen LogP contribution < -0.4 is 4.90 Å². The summed E-state index contributed by atoms with van der Waals surface area (Å²) in [6.45, 7) is 10.4. The number of aromatic nitrogens is 1. The number of halogens is 5. The van der Waals surface area contributed by atoms with E-state index in [2.05, 4.69) is 11.6 Å². The fraction of sp³-hybridized carbons (Fsp3) is 0.310. The zero-order chi connectivity index (χ0) is 39.5. The van der Waals surface area contributed by atoms with Gasteiger partial charge in [-0.25, -0.2) is 18.6 Å². The topological polar surface area (TPSA) is 66.0 Å². The Balaban J connectivity index is 1.26. The minimum Gasteiger partial charge on any atom is -0.444 e. The lowest BCUT2D eigenvalue weighted by molar-refractivity contribution is -0.137. The van der Waals surface area contributed by atoms with Gasteiger partial charge in [-0.2, -0.15) is 13.2 Å². The van der Waals surface area contributed by atoms with Gasteiger partial charge in [0.2, 0.25) is 5.91 Å². The van der Waals surface area contributed by atoms with Gasteiger partial charge in [0.05, 0.1) is 10.6 Å². The van der Waals surface area contributed by atoms with Crippen molar-refractivity contribution in [2.75, 3.05) is 24.5 Å². The van der Waals surface area contributed by atoms with E-state index in [0.717, 1.165) is 34.9 Å². The Morgan fingerprint density at radius 3 is 2.22 bits per heavy atom. The van der Waals surface area contributed by atoms with Gasteiger partial charge in [0.1, 0.15) is 18.0 Å². The molecule has 4 aromatic rings. The monoisotopic (exact) mass is 776 g/mol. The number of benzene rings is 3. The molecule has 1 aromatic heterocycles. The molecule has 0 radical (unpaired) electrons. The summed E-state index contributed by atoms with van der Waals surface area (Å²) in [5, 5.41) is 0.591. The number of carbonyl (C=O) groups excluding carboxylic acids is 2. The zero-order valence-electron chi connectivity index (χ0n) is 30.7. The van der Waals surface area contributed by atoms with E-state index in [-0.39, 0.29) is 36.4 Å². The van der Waals surface area contributed by atoms with Gasteiger partial charge in [-0.15, -0.1) is 11.8 Å². The SMILES string of the molecule is C=C1C=C(SCc2cccc(F)c2F)N(CC(=O)N(Cc2ccc(-c3ccc(C(F)(F)F)cc3)cc2)C2CCN(C(=O)OC(C)(C)C)CC2)c2ncccc21. The maximum absolute atomic E-state index is 14.7. The summed E-state index contributed by atoms with van der Waals surface area (Å²) < 4.78 is 73.7. The fourth-order valence-corrected chi connectivity index (χ4v) is 7.60. The zero-order valence-corrected chi connectivity index (χ0v) is 31.5. The maximum atomic E-state index is 14.7. The highest BCUT2D eigenvalue weighted by Gasteiger charge is 2.34. The highest BCUT2D eigenvalue weighted by atomic mass is 32.2. The number of hydrogen-bond acceptors (Lipinski definition) is 6. The number of anilines is 1. The van der Waals surface area contributed by atoms with Crippen LogP contribution in [0, 0.1) is 11.6 Å². The van der Waals surface area contributed by atoms with Crippen molar-refractivity contribution in [3.8, 4) is 11.1 Å². The lowest BCUT2D eigenvalue weighted by atomic mass is 10.00. The molecule has 288 valence electrons. The van der Waals surface area contributed by atoms with Gasteiger partial charge >= 0.3 is 12.3 Å². The summed E-state index contributed by atoms with van der Waals surface area (Å²) in [5.74, 6) is -1.51. The van der Waals surface area contributed by atoms with E-state index in [1.165, 1.54) is 36.0 Å². The predicted molar refractivity (Wildman–Crippen MR) is 205 cm³/mol. The van der Waals surface area contributed by atoms with Crippen LogP contribution in [0.25, 0.3) is 16.7 Å². The molecule has 13 heteroatoms. The van der Waals surface area contributed by atoms with Gasteiger partial charge in [-0.05, 0) is 92.3 Å². The van der Waals surface area contributed by atoms with Crippen LogP contribution in [-0.2, 0) is 28.0 Å². The highest BCUT2D eigenvalue weighted by molar-refractivity contribution is 8.02. The minimum absolute atomic E-state index is 0.0910. The van der Waals surface area contributed by atoms with Crippen molar-refractivity contribution < 1.29 is 36.3 Å². The standard InChI is InChI=1S/C42H41F5N4O3S/c1-27-23-37(55-26-31-7-5-9-35(43)38(31)44)51(39-34(27)8-6-20-48-39)25-36(52)50(33-18-21-49(22-19-33)40(53)54-41(2,3)4)24-28-10-12-29(13-11-28)30-14-16-32(17-15-30)42(45,46)47/h5-17,20,23,33H,1,18-19,21-22,24-26H2,2-4H3. The van der Waals surface area contributed by atoms with Crippen LogP contribution in [0.2, 0.25) is 0 Å². The number of nitrogens with zero attached hydrogens (tertiary/aromatic N) is 4. The van der Waals surface area contributed by atoms with Crippen molar-refractivity contribution in [3.63, 3.8) is 0 Å². The number of allylic oxidation sites excluding steroid dienone is 2. The highest BCUT2D eigenvalue weighted by Crippen LogP contribution is 2.39. The van der Waals surface area contributed by atoms with E-state index < -0.39 is 35.1 Å². The van der Waals surface area contributed by atoms with Gasteiger partial charge in [-0.1, -0.05) is 55.1 Å². The summed E-state index contributed by atoms with van der Waals surface area (Å²) in [4.78, 5) is 37.3. The van der Waals surface area contributed by atoms with Crippen LogP contribution in [0.1, 0.15) is 55.9 Å². The van der Waals surface area contributed by atoms with Crippen molar-refractivity contribution in [1.29, 1.82) is 0 Å². The molecule has 0 spiro atoms. The van der Waals surface area contributed by atoms with E-state index >= 15 is 0 Å². The van der Waals surface area contributed by atoms with Gasteiger partial charge in [-0.3, -0.25) is 4.79 Å². The summed E-state index contributed by atoms with van der Waals surface area (Å²) in [6.07, 6.45) is -0.432. The van der Waals surface area contributed by atoms with Gasteiger partial charge in [0.25, 0.3) is 0 Å². The molecule has 6 rings (SSSR count). The van der Waals surface area contributed by atoms with Gasteiger partial charge in [0, 0.05) is 48.8 Å². The van der Waals surface area contributed by atoms with Gasteiger partial charge in [0.15, 0.2) is 11.6 Å². The van der Waals surface area contributed by atoms with Crippen LogP contribution in [0.15, 0.2) is 103 Å². The first-order valence-corrected chi connectivity index (χ1v) is 18.8. The molecule has 0 bridgehead atoms. The molecule has 2 amide bonds. The number of hydrogen-bond donors (Lipinski definition) is 0. The Labute approximate surface area is 321 Å². The quantitative estimate of drug-likeness (QED) is 0.158. The van der Waals surface area contributed by atoms with Crippen molar-refractivity contribution >= 4 is 35.2 Å². The molecule has 1 saturated heterocycles. The van der Waals surface area contributed by atoms with Gasteiger partial charge < -0.3 is 19.4 Å². The minimum atomic E-state index is -4.43. The molecule has 2 aliphatic heterocycles. The molecule has 3 heterocycles. The Hall–Kier alpha value is -5.17. The number of fused-ring (bicyclic) bond motifs is 1. The van der Waals surface area contributed by atoms with Crippen LogP contribution in [0.4, 0.5) is 32.6 Å². The first-order valence-electron chi connectivity index (χ1n) is 17.8. The van der Waals surface area contributed by atoms with Crippen molar-refractivity contribution in [2.24, 2.45) is 0 Å². The molecule has 0 N–H and O–H groups in total. The largest absolute Gasteiger partial charge is 0.444 e. The molecule has 55 heavy (non-hydrogen) atoms. The average Bonchev–Trinajstić information content (AvgIpc) is 3.15. The van der Waals surface area contributed by atoms with Crippen LogP contribution >= 0.6 is 11.8 Å². The summed E-state index contributed by atoms with van der Waals surface area (Å²) in [5.41, 5.74) is 2.32. The van der Waals surface area contributed by atoms with E-state index in [1.807, 2.05) is 36.4 Å². The lowest BCUT2D eigenvalue weighted by Gasteiger charge is -2.40. The Morgan fingerprint density at radius 2 is 1.58 bits per heavy atom. The molecule has 7 nitrogen and oxygen atoms in total. The first-order chi connectivity index (χ1) is 26.1. The normalized spacial score (nSPS) is 15.1. The Kier molecular flexibility index (Phi) is 11.7. The summed E-state index contributed by atoms with van der Waals surface area (Å²) in [6, 6.07) is 19.7. The summed E-state index contributed by atoms with van der Waals surface area (Å²) in [7, 11) is 0. The molecule has 0 atom stereocenters. The molecule has 0 saturated carbocycles.